The summed E-state index contributed by atoms with van der Waals surface area (Å²) >= 11 is 1.35. The molecule has 1 amide bonds. The molecule has 6 nitrogen and oxygen atoms in total. The standard InChI is InChI=1S/C17H11FN4O2S/c18-10-3-1-9(2-4-10)13-7-12-15(25-13)14(16(19)23)21-22-17(12)20-11-5-6-24-8-11/h1-8H,(H2,19,23)(H,20,22). The highest BCUT2D eigenvalue weighted by Gasteiger charge is 2.18. The quantitative estimate of drug-likeness (QED) is 0.579. The number of rotatable bonds is 4. The molecule has 3 heterocycles. The Balaban J connectivity index is 1.88. The van der Waals surface area contributed by atoms with Gasteiger partial charge in [0.15, 0.2) is 11.5 Å². The van der Waals surface area contributed by atoms with Crippen LogP contribution in [0.15, 0.2) is 53.3 Å². The van der Waals surface area contributed by atoms with Gasteiger partial charge in [-0.3, -0.25) is 4.79 Å². The molecule has 0 radical (unpaired) electrons. The highest BCUT2D eigenvalue weighted by molar-refractivity contribution is 7.22. The van der Waals surface area contributed by atoms with Gasteiger partial charge in [0.25, 0.3) is 5.91 Å². The summed E-state index contributed by atoms with van der Waals surface area (Å²) in [5.74, 6) is -0.487. The number of nitrogens with two attached hydrogens (primary N) is 1. The number of halogens is 1. The van der Waals surface area contributed by atoms with Crippen molar-refractivity contribution >= 4 is 38.8 Å². The zero-order valence-electron chi connectivity index (χ0n) is 12.7. The van der Waals surface area contributed by atoms with Gasteiger partial charge in [0.05, 0.1) is 16.7 Å². The second-order valence-corrected chi connectivity index (χ2v) is 6.31. The maximum atomic E-state index is 13.2. The van der Waals surface area contributed by atoms with Gasteiger partial charge in [-0.2, -0.15) is 0 Å². The number of benzene rings is 1. The van der Waals surface area contributed by atoms with Crippen LogP contribution in [0, 0.1) is 5.82 Å². The fraction of sp³-hybridized carbons (Fsp3) is 0. The van der Waals surface area contributed by atoms with E-state index in [2.05, 4.69) is 15.5 Å². The number of thiophene rings is 1. The van der Waals surface area contributed by atoms with Crippen LogP contribution in [0.5, 0.6) is 0 Å². The average molecular weight is 354 g/mol. The van der Waals surface area contributed by atoms with Crippen molar-refractivity contribution < 1.29 is 13.6 Å². The van der Waals surface area contributed by atoms with E-state index in [0.29, 0.717) is 21.6 Å². The molecule has 25 heavy (non-hydrogen) atoms. The summed E-state index contributed by atoms with van der Waals surface area (Å²) in [6.07, 6.45) is 3.06. The maximum absolute atomic E-state index is 13.2. The van der Waals surface area contributed by atoms with Gasteiger partial charge >= 0.3 is 0 Å². The van der Waals surface area contributed by atoms with Crippen LogP contribution in [0.2, 0.25) is 0 Å². The zero-order chi connectivity index (χ0) is 17.4. The molecule has 0 saturated carbocycles. The van der Waals surface area contributed by atoms with E-state index in [0.717, 1.165) is 10.4 Å². The van der Waals surface area contributed by atoms with Gasteiger partial charge < -0.3 is 15.5 Å². The molecule has 0 spiro atoms. The van der Waals surface area contributed by atoms with Gasteiger partial charge in [-0.15, -0.1) is 21.5 Å². The molecule has 3 N–H and O–H groups in total. The lowest BCUT2D eigenvalue weighted by atomic mass is 10.1. The van der Waals surface area contributed by atoms with Gasteiger partial charge in [0.1, 0.15) is 12.1 Å². The predicted octanol–water partition coefficient (Wildman–Crippen LogP) is 3.93. The fourth-order valence-electron chi connectivity index (χ4n) is 2.42. The summed E-state index contributed by atoms with van der Waals surface area (Å²) in [6, 6.07) is 9.73. The largest absolute Gasteiger partial charge is 0.470 e. The molecule has 0 bridgehead atoms. The molecule has 0 atom stereocenters. The van der Waals surface area contributed by atoms with Gasteiger partial charge in [-0.25, -0.2) is 4.39 Å². The molecule has 0 aliphatic carbocycles. The minimum Gasteiger partial charge on any atom is -0.470 e. The van der Waals surface area contributed by atoms with Crippen molar-refractivity contribution in [2.24, 2.45) is 5.73 Å². The Kier molecular flexibility index (Phi) is 3.66. The fourth-order valence-corrected chi connectivity index (χ4v) is 3.58. The summed E-state index contributed by atoms with van der Waals surface area (Å²) in [5, 5.41) is 11.8. The van der Waals surface area contributed by atoms with Gasteiger partial charge in [-0.1, -0.05) is 12.1 Å². The number of aromatic nitrogens is 2. The lowest BCUT2D eigenvalue weighted by Crippen LogP contribution is -2.14. The molecule has 0 unspecified atom stereocenters. The second kappa shape index (κ2) is 5.99. The monoisotopic (exact) mass is 354 g/mol. The first kappa shape index (κ1) is 15.3. The minimum absolute atomic E-state index is 0.103. The Bertz CT molecular complexity index is 1060. The number of primary amides is 1. The lowest BCUT2D eigenvalue weighted by Gasteiger charge is -2.04. The molecule has 8 heteroatoms. The van der Waals surface area contributed by atoms with E-state index in [1.54, 1.807) is 18.2 Å². The molecular weight excluding hydrogens is 343 g/mol. The van der Waals surface area contributed by atoms with E-state index in [9.17, 15) is 9.18 Å². The van der Waals surface area contributed by atoms with Crippen LogP contribution in [0.1, 0.15) is 10.5 Å². The van der Waals surface area contributed by atoms with Crippen molar-refractivity contribution in [1.82, 2.24) is 10.2 Å². The Morgan fingerprint density at radius 3 is 2.68 bits per heavy atom. The van der Waals surface area contributed by atoms with E-state index < -0.39 is 5.91 Å². The van der Waals surface area contributed by atoms with Crippen LogP contribution in [-0.2, 0) is 0 Å². The summed E-state index contributed by atoms with van der Waals surface area (Å²) in [6.45, 7) is 0. The highest BCUT2D eigenvalue weighted by atomic mass is 32.1. The third kappa shape index (κ3) is 2.83. The third-order valence-corrected chi connectivity index (χ3v) is 4.79. The Morgan fingerprint density at radius 2 is 2.00 bits per heavy atom. The summed E-state index contributed by atoms with van der Waals surface area (Å²) < 4.78 is 18.8. The molecule has 4 aromatic rings. The number of fused-ring (bicyclic) bond motifs is 1. The predicted molar refractivity (Wildman–Crippen MR) is 93.3 cm³/mol. The number of nitrogens with zero attached hydrogens (tertiary/aromatic N) is 2. The summed E-state index contributed by atoms with van der Waals surface area (Å²) in [4.78, 5) is 12.5. The van der Waals surface area contributed by atoms with E-state index in [1.807, 2.05) is 6.07 Å². The lowest BCUT2D eigenvalue weighted by molar-refractivity contribution is 0.0996. The SMILES string of the molecule is NC(=O)c1nnc(Nc2ccoc2)c2cc(-c3ccc(F)cc3)sc12. The van der Waals surface area contributed by atoms with E-state index in [1.165, 1.54) is 36.0 Å². The first-order valence-corrected chi connectivity index (χ1v) is 8.08. The second-order valence-electron chi connectivity index (χ2n) is 5.26. The molecular formula is C17H11FN4O2S. The van der Waals surface area contributed by atoms with Crippen molar-refractivity contribution in [2.45, 2.75) is 0 Å². The topological polar surface area (TPSA) is 94.0 Å². The number of hydrogen-bond acceptors (Lipinski definition) is 6. The molecule has 0 aliphatic heterocycles. The van der Waals surface area contributed by atoms with Crippen molar-refractivity contribution in [3.63, 3.8) is 0 Å². The smallest absolute Gasteiger partial charge is 0.270 e. The van der Waals surface area contributed by atoms with Crippen molar-refractivity contribution in [3.05, 3.63) is 60.4 Å². The summed E-state index contributed by atoms with van der Waals surface area (Å²) in [5.41, 5.74) is 7.05. The molecule has 0 fully saturated rings. The number of hydrogen-bond donors (Lipinski definition) is 2. The number of carbonyl (C=O) groups excluding carboxylic acids is 1. The molecule has 0 saturated heterocycles. The Labute approximate surface area is 145 Å². The van der Waals surface area contributed by atoms with Crippen LogP contribution in [0.3, 0.4) is 0 Å². The van der Waals surface area contributed by atoms with Crippen LogP contribution in [0.4, 0.5) is 15.9 Å². The average Bonchev–Trinajstić information content (AvgIpc) is 3.25. The van der Waals surface area contributed by atoms with E-state index in [4.69, 9.17) is 10.2 Å². The van der Waals surface area contributed by atoms with Gasteiger partial charge in [0, 0.05) is 10.3 Å². The number of furan rings is 1. The number of anilines is 2. The highest BCUT2D eigenvalue weighted by Crippen LogP contribution is 2.38. The first-order chi connectivity index (χ1) is 12.1. The molecule has 124 valence electrons. The van der Waals surface area contributed by atoms with Crippen LogP contribution >= 0.6 is 11.3 Å². The van der Waals surface area contributed by atoms with E-state index in [-0.39, 0.29) is 11.5 Å². The molecule has 3 aromatic heterocycles. The van der Waals surface area contributed by atoms with Crippen LogP contribution in [0.25, 0.3) is 20.5 Å². The number of amides is 1. The van der Waals surface area contributed by atoms with Gasteiger partial charge in [0.2, 0.25) is 0 Å². The maximum Gasteiger partial charge on any atom is 0.270 e. The van der Waals surface area contributed by atoms with Crippen molar-refractivity contribution in [2.75, 3.05) is 5.32 Å². The minimum atomic E-state index is -0.653. The van der Waals surface area contributed by atoms with Crippen LogP contribution in [-0.4, -0.2) is 16.1 Å². The number of carbonyl (C=O) groups is 1. The van der Waals surface area contributed by atoms with Crippen molar-refractivity contribution in [3.8, 4) is 10.4 Å². The Hall–Kier alpha value is -3.26. The van der Waals surface area contributed by atoms with E-state index >= 15 is 0 Å². The normalized spacial score (nSPS) is 10.9. The molecule has 1 aromatic carbocycles. The molecule has 4 rings (SSSR count). The number of nitrogens with one attached hydrogen (secondary N) is 1. The Morgan fingerprint density at radius 1 is 1.20 bits per heavy atom. The first-order valence-electron chi connectivity index (χ1n) is 7.27. The zero-order valence-corrected chi connectivity index (χ0v) is 13.5. The van der Waals surface area contributed by atoms with Gasteiger partial charge in [-0.05, 0) is 29.8 Å². The molecule has 0 aliphatic rings. The van der Waals surface area contributed by atoms with Crippen LogP contribution < -0.4 is 11.1 Å². The van der Waals surface area contributed by atoms with Crippen molar-refractivity contribution in [1.29, 1.82) is 0 Å². The summed E-state index contributed by atoms with van der Waals surface area (Å²) in [7, 11) is 0. The third-order valence-electron chi connectivity index (χ3n) is 3.60.